The number of para-hydroxylation sites is 1. The number of rotatable bonds is 23. The number of thioether (sulfide) groups is 1. The molecule has 0 spiro atoms. The second-order valence-electron chi connectivity index (χ2n) is 13.8. The summed E-state index contributed by atoms with van der Waals surface area (Å²) < 4.78 is 6.26. The molecular weight excluding hydrogens is 706 g/mol. The molecule has 1 amide bonds. The summed E-state index contributed by atoms with van der Waals surface area (Å²) in [6.07, 6.45) is 4.15. The lowest BCUT2D eigenvalue weighted by Gasteiger charge is -2.30. The molecule has 2 aromatic carbocycles. The van der Waals surface area contributed by atoms with Crippen molar-refractivity contribution in [3.8, 4) is 16.9 Å². The third kappa shape index (κ3) is 10.9. The van der Waals surface area contributed by atoms with Gasteiger partial charge in [0.05, 0.1) is 12.7 Å². The third-order valence-electron chi connectivity index (χ3n) is 9.71. The van der Waals surface area contributed by atoms with E-state index in [1.54, 1.807) is 11.8 Å². The van der Waals surface area contributed by atoms with Gasteiger partial charge in [0.1, 0.15) is 24.1 Å². The van der Waals surface area contributed by atoms with Gasteiger partial charge in [-0.05, 0) is 104 Å². The van der Waals surface area contributed by atoms with Gasteiger partial charge in [-0.1, -0.05) is 36.2 Å². The molecule has 0 bridgehead atoms. The first-order chi connectivity index (χ1) is 25.2. The minimum absolute atomic E-state index is 0.0359. The normalized spacial score (nSPS) is 17.3. The number of nitrogens with one attached hydrogen (secondary N) is 1. The zero-order valence-electron chi connectivity index (χ0n) is 29.4. The summed E-state index contributed by atoms with van der Waals surface area (Å²) in [5.41, 5.74) is 4.22. The molecule has 11 nitrogen and oxygen atoms in total. The summed E-state index contributed by atoms with van der Waals surface area (Å²) in [5.74, 6) is 0.993. The van der Waals surface area contributed by atoms with Crippen molar-refractivity contribution in [3.05, 3.63) is 77.1 Å². The van der Waals surface area contributed by atoms with Crippen molar-refractivity contribution >= 4 is 29.3 Å². The second-order valence-corrected chi connectivity index (χ2v) is 15.3. The minimum Gasteiger partial charge on any atom is -0.490 e. The number of aromatic nitrogens is 1. The van der Waals surface area contributed by atoms with E-state index in [0.29, 0.717) is 43.5 Å². The smallest absolute Gasteiger partial charge is 0.254 e. The molecule has 4 atom stereocenters. The van der Waals surface area contributed by atoms with E-state index in [9.17, 15) is 30.3 Å². The van der Waals surface area contributed by atoms with Crippen LogP contribution in [0.5, 0.6) is 5.75 Å². The molecule has 1 aromatic heterocycles. The van der Waals surface area contributed by atoms with Gasteiger partial charge in [0.15, 0.2) is 6.10 Å². The van der Waals surface area contributed by atoms with Crippen LogP contribution in [0.4, 0.5) is 0 Å². The van der Waals surface area contributed by atoms with E-state index in [1.165, 1.54) is 10.5 Å². The van der Waals surface area contributed by atoms with Crippen LogP contribution >= 0.6 is 23.4 Å². The maximum absolute atomic E-state index is 13.0. The first-order valence-corrected chi connectivity index (χ1v) is 19.6. The predicted octanol–water partition coefficient (Wildman–Crippen LogP) is 4.02. The summed E-state index contributed by atoms with van der Waals surface area (Å²) in [6, 6.07) is 16.4. The van der Waals surface area contributed by atoms with Crippen molar-refractivity contribution in [1.29, 1.82) is 0 Å². The van der Waals surface area contributed by atoms with Crippen molar-refractivity contribution in [2.75, 3.05) is 32.1 Å². The monoisotopic (exact) mass is 757 g/mol. The number of benzene rings is 2. The third-order valence-corrected chi connectivity index (χ3v) is 11.2. The van der Waals surface area contributed by atoms with Crippen LogP contribution in [-0.4, -0.2) is 109 Å². The highest BCUT2D eigenvalue weighted by Gasteiger charge is 2.46. The first-order valence-electron chi connectivity index (χ1n) is 18.3. The van der Waals surface area contributed by atoms with Gasteiger partial charge < -0.3 is 45.6 Å². The SMILES string of the molecule is O=C([C@@H](O)[C@@H](O)[C@H](O)[C@@H](O)CO)N(CCCCO)CCCCCSc1ccc(Cl)c(CNC2(c3cnccc3-c3ccccc3OC3CC3)CC2)c1. The molecule has 3 aromatic rings. The van der Waals surface area contributed by atoms with Crippen molar-refractivity contribution in [3.63, 3.8) is 0 Å². The summed E-state index contributed by atoms with van der Waals surface area (Å²) in [7, 11) is 0. The van der Waals surface area contributed by atoms with Gasteiger partial charge in [0.2, 0.25) is 0 Å². The molecule has 284 valence electrons. The highest BCUT2D eigenvalue weighted by atomic mass is 35.5. The summed E-state index contributed by atoms with van der Waals surface area (Å²) in [6.45, 7) is 0.341. The fourth-order valence-corrected chi connectivity index (χ4v) is 7.41. The number of unbranched alkanes of at least 4 members (excludes halogenated alkanes) is 3. The summed E-state index contributed by atoms with van der Waals surface area (Å²) in [4.78, 5) is 20.0. The lowest BCUT2D eigenvalue weighted by atomic mass is 9.94. The molecule has 7 N–H and O–H groups in total. The Morgan fingerprint density at radius 3 is 2.42 bits per heavy atom. The number of aliphatic hydroxyl groups is 6. The number of nitrogens with zero attached hydrogens (tertiary/aromatic N) is 2. The maximum atomic E-state index is 13.0. The molecule has 0 saturated heterocycles. The number of hydrogen-bond donors (Lipinski definition) is 7. The lowest BCUT2D eigenvalue weighted by Crippen LogP contribution is -2.53. The van der Waals surface area contributed by atoms with Crippen LogP contribution in [0.25, 0.3) is 11.1 Å². The Bertz CT molecular complexity index is 1590. The standard InChI is InChI=1S/C39H52ClN3O8S/c40-32-13-12-28(52-21-7-1-4-18-43(19-5-6-20-44)38(50)37(49)36(48)35(47)33(46)25-45)22-26(32)23-42-39(15-16-39)31-24-41-17-14-29(31)30-8-2-3-9-34(30)51-27-10-11-27/h2-3,8-9,12-14,17,22,24,27,33,35-37,42,44-49H,1,4-7,10-11,15-16,18-21,23,25H2/t33-,35+,36-,37-/m0/s1. The average Bonchev–Trinajstić information content (AvgIpc) is 4.12. The minimum atomic E-state index is -1.96. The van der Waals surface area contributed by atoms with Crippen LogP contribution < -0.4 is 10.1 Å². The van der Waals surface area contributed by atoms with Crippen LogP contribution in [0.15, 0.2) is 65.8 Å². The molecule has 2 saturated carbocycles. The molecule has 2 fully saturated rings. The largest absolute Gasteiger partial charge is 0.490 e. The van der Waals surface area contributed by atoms with Crippen LogP contribution in [0.2, 0.25) is 5.02 Å². The summed E-state index contributed by atoms with van der Waals surface area (Å²) >= 11 is 8.42. The van der Waals surface area contributed by atoms with E-state index in [4.69, 9.17) is 21.4 Å². The van der Waals surface area contributed by atoms with Crippen LogP contribution in [0.1, 0.15) is 68.9 Å². The van der Waals surface area contributed by atoms with Crippen LogP contribution in [0.3, 0.4) is 0 Å². The quantitative estimate of drug-likeness (QED) is 0.0550. The molecular formula is C39H52ClN3O8S. The Balaban J connectivity index is 1.12. The molecule has 52 heavy (non-hydrogen) atoms. The molecule has 0 unspecified atom stereocenters. The lowest BCUT2D eigenvalue weighted by molar-refractivity contribution is -0.158. The Hall–Kier alpha value is -2.78. The number of aliphatic hydroxyl groups excluding tert-OH is 6. The van der Waals surface area contributed by atoms with E-state index in [1.807, 2.05) is 42.7 Å². The highest BCUT2D eigenvalue weighted by Crippen LogP contribution is 2.50. The molecule has 5 rings (SSSR count). The Kier molecular flexibility index (Phi) is 15.2. The van der Waals surface area contributed by atoms with Gasteiger partial charge in [-0.25, -0.2) is 0 Å². The molecule has 0 radical (unpaired) electrons. The first kappa shape index (κ1) is 40.4. The van der Waals surface area contributed by atoms with Gasteiger partial charge >= 0.3 is 0 Å². The van der Waals surface area contributed by atoms with Gasteiger partial charge in [-0.15, -0.1) is 11.8 Å². The number of hydrogen-bond acceptors (Lipinski definition) is 11. The van der Waals surface area contributed by atoms with E-state index in [0.717, 1.165) is 71.6 Å². The van der Waals surface area contributed by atoms with Gasteiger partial charge in [0.25, 0.3) is 5.91 Å². The molecule has 2 aliphatic carbocycles. The zero-order valence-corrected chi connectivity index (χ0v) is 31.0. The Morgan fingerprint density at radius 2 is 1.71 bits per heavy atom. The number of carbonyl (C=O) groups is 1. The second kappa shape index (κ2) is 19.5. The number of halogens is 1. The predicted molar refractivity (Wildman–Crippen MR) is 201 cm³/mol. The number of ether oxygens (including phenoxy) is 1. The Morgan fingerprint density at radius 1 is 0.962 bits per heavy atom. The molecule has 1 heterocycles. The summed E-state index contributed by atoms with van der Waals surface area (Å²) in [5, 5.41) is 62.9. The molecule has 0 aliphatic heterocycles. The van der Waals surface area contributed by atoms with Gasteiger partial charge in [-0.2, -0.15) is 0 Å². The van der Waals surface area contributed by atoms with E-state index in [2.05, 4.69) is 28.5 Å². The Labute approximate surface area is 315 Å². The van der Waals surface area contributed by atoms with Crippen molar-refractivity contribution in [1.82, 2.24) is 15.2 Å². The number of amides is 1. The van der Waals surface area contributed by atoms with Crippen molar-refractivity contribution in [2.24, 2.45) is 0 Å². The van der Waals surface area contributed by atoms with Crippen LogP contribution in [-0.2, 0) is 16.9 Å². The molecule has 2 aliphatic rings. The number of pyridine rings is 1. The topological polar surface area (TPSA) is 176 Å². The van der Waals surface area contributed by atoms with Crippen molar-refractivity contribution < 1.29 is 40.2 Å². The zero-order chi connectivity index (χ0) is 37.1. The fourth-order valence-electron chi connectivity index (χ4n) is 6.25. The fraction of sp³-hybridized carbons (Fsp3) is 0.538. The maximum Gasteiger partial charge on any atom is 0.254 e. The van der Waals surface area contributed by atoms with Crippen molar-refractivity contribution in [2.45, 2.75) is 105 Å². The van der Waals surface area contributed by atoms with Crippen LogP contribution in [0, 0.1) is 0 Å². The van der Waals surface area contributed by atoms with E-state index >= 15 is 0 Å². The van der Waals surface area contributed by atoms with E-state index < -0.39 is 36.9 Å². The van der Waals surface area contributed by atoms with Gasteiger partial charge in [0, 0.05) is 59.7 Å². The average molecular weight is 758 g/mol. The molecule has 13 heteroatoms. The van der Waals surface area contributed by atoms with Gasteiger partial charge in [-0.3, -0.25) is 9.78 Å². The highest BCUT2D eigenvalue weighted by molar-refractivity contribution is 7.99. The number of carbonyl (C=O) groups excluding carboxylic acids is 1. The van der Waals surface area contributed by atoms with E-state index in [-0.39, 0.29) is 18.7 Å².